The molecular weight excluding hydrogens is 326 g/mol. The number of anilines is 1. The first kappa shape index (κ1) is 17.4. The van der Waals surface area contributed by atoms with E-state index in [1.165, 1.54) is 12.0 Å². The number of benzene rings is 1. The molecule has 1 amide bonds. The summed E-state index contributed by atoms with van der Waals surface area (Å²) in [5.74, 6) is -0.983. The molecule has 1 aromatic rings. The third-order valence-electron chi connectivity index (χ3n) is 4.39. The van der Waals surface area contributed by atoms with Crippen molar-refractivity contribution >= 4 is 17.6 Å². The van der Waals surface area contributed by atoms with Crippen molar-refractivity contribution in [2.24, 2.45) is 0 Å². The molecule has 0 bridgehead atoms. The highest BCUT2D eigenvalue weighted by molar-refractivity contribution is 6.15. The lowest BCUT2D eigenvalue weighted by molar-refractivity contribution is -0.181. The summed E-state index contributed by atoms with van der Waals surface area (Å²) in [7, 11) is 2.86. The molecule has 2 aliphatic heterocycles. The summed E-state index contributed by atoms with van der Waals surface area (Å²) in [4.78, 5) is 27.0. The van der Waals surface area contributed by atoms with Crippen molar-refractivity contribution in [2.75, 3.05) is 32.3 Å². The number of ether oxygens (including phenoxy) is 4. The van der Waals surface area contributed by atoms with E-state index in [4.69, 9.17) is 18.9 Å². The maximum absolute atomic E-state index is 13.0. The second kappa shape index (κ2) is 7.25. The van der Waals surface area contributed by atoms with Crippen LogP contribution in [0, 0.1) is 0 Å². The summed E-state index contributed by atoms with van der Waals surface area (Å²) < 4.78 is 21.5. The SMILES string of the molecule is CCOC1=C(C(=O)OC)C(C2OCC2OC)N(c2ccccc2)C1=O. The highest BCUT2D eigenvalue weighted by Gasteiger charge is 2.54. The molecule has 0 N–H and O–H groups in total. The van der Waals surface area contributed by atoms with Crippen LogP contribution in [0.3, 0.4) is 0 Å². The maximum atomic E-state index is 13.0. The summed E-state index contributed by atoms with van der Waals surface area (Å²) in [6.45, 7) is 2.43. The fourth-order valence-corrected chi connectivity index (χ4v) is 3.18. The molecule has 25 heavy (non-hydrogen) atoms. The van der Waals surface area contributed by atoms with E-state index in [1.54, 1.807) is 26.2 Å². The summed E-state index contributed by atoms with van der Waals surface area (Å²) >= 11 is 0. The van der Waals surface area contributed by atoms with Gasteiger partial charge in [-0.3, -0.25) is 9.69 Å². The van der Waals surface area contributed by atoms with Crippen molar-refractivity contribution in [2.45, 2.75) is 25.2 Å². The minimum Gasteiger partial charge on any atom is -0.488 e. The molecule has 0 aromatic heterocycles. The summed E-state index contributed by atoms with van der Waals surface area (Å²) in [6.07, 6.45) is -0.689. The molecule has 1 fully saturated rings. The monoisotopic (exact) mass is 347 g/mol. The third kappa shape index (κ3) is 2.89. The van der Waals surface area contributed by atoms with Gasteiger partial charge in [-0.2, -0.15) is 0 Å². The number of carbonyl (C=O) groups excluding carboxylic acids is 2. The van der Waals surface area contributed by atoms with Crippen molar-refractivity contribution in [1.29, 1.82) is 0 Å². The number of methoxy groups -OCH3 is 2. The average Bonchev–Trinajstić information content (AvgIpc) is 2.87. The molecule has 7 heteroatoms. The highest BCUT2D eigenvalue weighted by Crippen LogP contribution is 2.38. The lowest BCUT2D eigenvalue weighted by Crippen LogP contribution is -2.59. The molecule has 1 aromatic carbocycles. The van der Waals surface area contributed by atoms with E-state index < -0.39 is 18.1 Å². The number of amides is 1. The van der Waals surface area contributed by atoms with Gasteiger partial charge in [-0.25, -0.2) is 4.79 Å². The number of rotatable bonds is 6. The zero-order valence-electron chi connectivity index (χ0n) is 14.4. The Bertz CT molecular complexity index is 684. The topological polar surface area (TPSA) is 74.3 Å². The first-order valence-electron chi connectivity index (χ1n) is 8.12. The van der Waals surface area contributed by atoms with Crippen LogP contribution in [-0.4, -0.2) is 57.6 Å². The van der Waals surface area contributed by atoms with E-state index >= 15 is 0 Å². The van der Waals surface area contributed by atoms with Crippen LogP contribution >= 0.6 is 0 Å². The van der Waals surface area contributed by atoms with Crippen molar-refractivity contribution in [3.05, 3.63) is 41.7 Å². The number of para-hydroxylation sites is 1. The van der Waals surface area contributed by atoms with Crippen LogP contribution in [-0.2, 0) is 28.5 Å². The van der Waals surface area contributed by atoms with E-state index in [0.29, 0.717) is 12.3 Å². The Labute approximate surface area is 146 Å². The van der Waals surface area contributed by atoms with Crippen LogP contribution in [0.1, 0.15) is 6.92 Å². The van der Waals surface area contributed by atoms with Crippen LogP contribution in [0.2, 0.25) is 0 Å². The number of carbonyl (C=O) groups is 2. The lowest BCUT2D eigenvalue weighted by atomic mass is 9.94. The van der Waals surface area contributed by atoms with E-state index in [2.05, 4.69) is 0 Å². The van der Waals surface area contributed by atoms with Crippen LogP contribution in [0.15, 0.2) is 41.7 Å². The minimum atomic E-state index is -0.664. The van der Waals surface area contributed by atoms with Gasteiger partial charge in [-0.1, -0.05) is 18.2 Å². The molecule has 3 rings (SSSR count). The van der Waals surface area contributed by atoms with Gasteiger partial charge in [0.15, 0.2) is 5.76 Å². The van der Waals surface area contributed by atoms with Crippen LogP contribution in [0.4, 0.5) is 5.69 Å². The van der Waals surface area contributed by atoms with E-state index in [0.717, 1.165) is 0 Å². The van der Waals surface area contributed by atoms with E-state index in [9.17, 15) is 9.59 Å². The standard InChI is InChI=1S/C18H21NO6/c1-4-24-16-13(18(21)23-3)14(15-12(22-2)10-25-15)19(17(16)20)11-8-6-5-7-9-11/h5-9,12,14-15H,4,10H2,1-3H3. The lowest BCUT2D eigenvalue weighted by Gasteiger charge is -2.42. The largest absolute Gasteiger partial charge is 0.488 e. The molecule has 7 nitrogen and oxygen atoms in total. The second-order valence-corrected chi connectivity index (χ2v) is 5.70. The van der Waals surface area contributed by atoms with Crippen LogP contribution in [0.25, 0.3) is 0 Å². The van der Waals surface area contributed by atoms with Crippen LogP contribution in [0.5, 0.6) is 0 Å². The quantitative estimate of drug-likeness (QED) is 0.722. The van der Waals surface area contributed by atoms with Gasteiger partial charge in [-0.15, -0.1) is 0 Å². The van der Waals surface area contributed by atoms with Gasteiger partial charge in [0.1, 0.15) is 23.8 Å². The molecule has 2 heterocycles. The molecule has 0 aliphatic carbocycles. The molecule has 0 saturated carbocycles. The number of esters is 1. The van der Waals surface area contributed by atoms with Crippen molar-refractivity contribution in [3.8, 4) is 0 Å². The summed E-state index contributed by atoms with van der Waals surface area (Å²) in [5.41, 5.74) is 0.823. The van der Waals surface area contributed by atoms with Gasteiger partial charge in [-0.05, 0) is 19.1 Å². The Morgan fingerprint density at radius 2 is 2.00 bits per heavy atom. The molecule has 2 aliphatic rings. The summed E-state index contributed by atoms with van der Waals surface area (Å²) in [5, 5.41) is 0. The van der Waals surface area contributed by atoms with Crippen LogP contribution < -0.4 is 4.90 Å². The van der Waals surface area contributed by atoms with Gasteiger partial charge in [0, 0.05) is 12.8 Å². The zero-order chi connectivity index (χ0) is 18.0. The molecule has 0 radical (unpaired) electrons. The number of hydrogen-bond donors (Lipinski definition) is 0. The van der Waals surface area contributed by atoms with E-state index in [1.807, 2.05) is 18.2 Å². The summed E-state index contributed by atoms with van der Waals surface area (Å²) in [6, 6.07) is 8.44. The second-order valence-electron chi connectivity index (χ2n) is 5.70. The first-order chi connectivity index (χ1) is 12.1. The Morgan fingerprint density at radius 3 is 2.52 bits per heavy atom. The van der Waals surface area contributed by atoms with Gasteiger partial charge in [0.05, 0.1) is 20.3 Å². The fourth-order valence-electron chi connectivity index (χ4n) is 3.18. The Kier molecular flexibility index (Phi) is 5.06. The van der Waals surface area contributed by atoms with Crippen molar-refractivity contribution in [1.82, 2.24) is 0 Å². The zero-order valence-corrected chi connectivity index (χ0v) is 14.4. The normalized spacial score (nSPS) is 25.8. The fraction of sp³-hybridized carbons (Fsp3) is 0.444. The van der Waals surface area contributed by atoms with Gasteiger partial charge in [0.25, 0.3) is 5.91 Å². The Hall–Kier alpha value is -2.38. The molecule has 3 unspecified atom stereocenters. The molecule has 1 saturated heterocycles. The minimum absolute atomic E-state index is 0.00792. The average molecular weight is 347 g/mol. The molecule has 3 atom stereocenters. The van der Waals surface area contributed by atoms with E-state index in [-0.39, 0.29) is 30.0 Å². The van der Waals surface area contributed by atoms with Crippen molar-refractivity contribution in [3.63, 3.8) is 0 Å². The predicted molar refractivity (Wildman–Crippen MR) is 88.9 cm³/mol. The van der Waals surface area contributed by atoms with Crippen molar-refractivity contribution < 1.29 is 28.5 Å². The molecule has 0 spiro atoms. The highest BCUT2D eigenvalue weighted by atomic mass is 16.6. The Balaban J connectivity index is 2.09. The maximum Gasteiger partial charge on any atom is 0.339 e. The number of hydrogen-bond acceptors (Lipinski definition) is 6. The third-order valence-corrected chi connectivity index (χ3v) is 4.39. The molecule has 134 valence electrons. The van der Waals surface area contributed by atoms with Gasteiger partial charge < -0.3 is 18.9 Å². The first-order valence-corrected chi connectivity index (χ1v) is 8.12. The van der Waals surface area contributed by atoms with Gasteiger partial charge >= 0.3 is 5.97 Å². The number of nitrogens with zero attached hydrogens (tertiary/aromatic N) is 1. The smallest absolute Gasteiger partial charge is 0.339 e. The van der Waals surface area contributed by atoms with Gasteiger partial charge in [0.2, 0.25) is 0 Å². The molecular formula is C18H21NO6. The predicted octanol–water partition coefficient (Wildman–Crippen LogP) is 1.28. The Morgan fingerprint density at radius 1 is 1.28 bits per heavy atom.